The van der Waals surface area contributed by atoms with Gasteiger partial charge in [-0.2, -0.15) is 4.99 Å². The van der Waals surface area contributed by atoms with E-state index in [1.54, 1.807) is 31.2 Å². The Morgan fingerprint density at radius 3 is 2.27 bits per heavy atom. The summed E-state index contributed by atoms with van der Waals surface area (Å²) >= 11 is 1.45. The maximum atomic E-state index is 13.2. The number of sulfonamides is 1. The minimum Gasteiger partial charge on any atom is -0.319 e. The number of anilines is 1. The summed E-state index contributed by atoms with van der Waals surface area (Å²) < 4.78 is 30.6. The number of amides is 1. The number of fused-ring (bicyclic) bond motifs is 1. The van der Waals surface area contributed by atoms with Crippen LogP contribution in [0.3, 0.4) is 0 Å². The average Bonchev–Trinajstić information content (AvgIpc) is 3.09. The maximum Gasteiger partial charge on any atom is 0.279 e. The van der Waals surface area contributed by atoms with Gasteiger partial charge in [-0.05, 0) is 80.4 Å². The highest BCUT2D eigenvalue weighted by atomic mass is 32.2. The molecule has 0 saturated carbocycles. The van der Waals surface area contributed by atoms with Gasteiger partial charge in [0.1, 0.15) is 0 Å². The molecule has 0 saturated heterocycles. The van der Waals surface area contributed by atoms with Gasteiger partial charge in [-0.25, -0.2) is 8.42 Å². The zero-order valence-corrected chi connectivity index (χ0v) is 20.6. The molecule has 0 radical (unpaired) electrons. The Labute approximate surface area is 197 Å². The van der Waals surface area contributed by atoms with E-state index in [1.165, 1.54) is 51.0 Å². The second-order valence-electron chi connectivity index (χ2n) is 7.79. The summed E-state index contributed by atoms with van der Waals surface area (Å²) in [5, 5.41) is 0. The van der Waals surface area contributed by atoms with Crippen LogP contribution >= 0.6 is 11.3 Å². The number of hydrogen-bond donors (Lipinski definition) is 0. The van der Waals surface area contributed by atoms with Crippen LogP contribution in [0.25, 0.3) is 10.2 Å². The normalized spacial score (nSPS) is 12.3. The van der Waals surface area contributed by atoms with Crippen molar-refractivity contribution in [2.24, 2.45) is 12.0 Å². The van der Waals surface area contributed by atoms with Gasteiger partial charge in [0.2, 0.25) is 0 Å². The molecular formula is C25H25N3O3S2. The summed E-state index contributed by atoms with van der Waals surface area (Å²) in [6.45, 7) is 6.20. The number of carbonyl (C=O) groups is 1. The van der Waals surface area contributed by atoms with E-state index < -0.39 is 15.9 Å². The standard InChI is InChI=1S/C25H25N3O3S2/c1-5-28(20-9-7-6-8-10-20)33(30,31)21-13-11-19(12-14-21)24(29)26-25-27(4)22-15-17(2)18(3)16-23(22)32-25/h6-16H,5H2,1-4H3. The van der Waals surface area contributed by atoms with Crippen LogP contribution in [0, 0.1) is 13.8 Å². The third-order valence-corrected chi connectivity index (χ3v) is 8.65. The number of aromatic nitrogens is 1. The SMILES string of the molecule is CCN(c1ccccc1)S(=O)(=O)c1ccc(C(=O)N=c2sc3cc(C)c(C)cc3n2C)cc1. The predicted octanol–water partition coefficient (Wildman–Crippen LogP) is 4.81. The molecule has 8 heteroatoms. The van der Waals surface area contributed by atoms with Crippen LogP contribution in [0.15, 0.2) is 76.6 Å². The van der Waals surface area contributed by atoms with Crippen molar-refractivity contribution in [2.45, 2.75) is 25.7 Å². The van der Waals surface area contributed by atoms with Crippen molar-refractivity contribution in [1.82, 2.24) is 4.57 Å². The fourth-order valence-corrected chi connectivity index (χ4v) is 6.19. The first-order chi connectivity index (χ1) is 15.7. The third-order valence-electron chi connectivity index (χ3n) is 5.64. The van der Waals surface area contributed by atoms with E-state index in [0.29, 0.717) is 22.6 Å². The van der Waals surface area contributed by atoms with Crippen LogP contribution in [-0.4, -0.2) is 25.4 Å². The fraction of sp³-hybridized carbons (Fsp3) is 0.200. The van der Waals surface area contributed by atoms with E-state index in [2.05, 4.69) is 31.0 Å². The largest absolute Gasteiger partial charge is 0.319 e. The Morgan fingerprint density at radius 2 is 1.64 bits per heavy atom. The monoisotopic (exact) mass is 479 g/mol. The zero-order chi connectivity index (χ0) is 23.8. The van der Waals surface area contributed by atoms with E-state index in [-0.39, 0.29) is 4.90 Å². The molecule has 6 nitrogen and oxygen atoms in total. The predicted molar refractivity (Wildman–Crippen MR) is 133 cm³/mol. The minimum atomic E-state index is -3.75. The Morgan fingerprint density at radius 1 is 1.00 bits per heavy atom. The zero-order valence-electron chi connectivity index (χ0n) is 18.9. The molecule has 3 aromatic carbocycles. The molecule has 4 aromatic rings. The summed E-state index contributed by atoms with van der Waals surface area (Å²) in [4.78, 5) is 17.8. The van der Waals surface area contributed by atoms with Gasteiger partial charge in [-0.15, -0.1) is 0 Å². The number of rotatable bonds is 5. The first kappa shape index (κ1) is 22.9. The lowest BCUT2D eigenvalue weighted by molar-refractivity contribution is 0.0998. The topological polar surface area (TPSA) is 71.7 Å². The molecule has 0 bridgehead atoms. The van der Waals surface area contributed by atoms with E-state index in [1.807, 2.05) is 17.7 Å². The highest BCUT2D eigenvalue weighted by Crippen LogP contribution is 2.24. The van der Waals surface area contributed by atoms with Crippen molar-refractivity contribution in [3.63, 3.8) is 0 Å². The maximum absolute atomic E-state index is 13.2. The van der Waals surface area contributed by atoms with Crippen LogP contribution in [0.4, 0.5) is 5.69 Å². The smallest absolute Gasteiger partial charge is 0.279 e. The van der Waals surface area contributed by atoms with E-state index in [0.717, 1.165) is 10.2 Å². The van der Waals surface area contributed by atoms with Crippen molar-refractivity contribution in [3.8, 4) is 0 Å². The number of para-hydroxylation sites is 1. The number of nitrogens with zero attached hydrogens (tertiary/aromatic N) is 3. The van der Waals surface area contributed by atoms with Crippen LogP contribution < -0.4 is 9.11 Å². The Kier molecular flexibility index (Phi) is 6.23. The van der Waals surface area contributed by atoms with Crippen LogP contribution in [0.1, 0.15) is 28.4 Å². The molecule has 0 aliphatic carbocycles. The summed E-state index contributed by atoms with van der Waals surface area (Å²) in [5.74, 6) is -0.412. The van der Waals surface area contributed by atoms with Crippen molar-refractivity contribution in [1.29, 1.82) is 0 Å². The fourth-order valence-electron chi connectivity index (χ4n) is 3.62. The third kappa shape index (κ3) is 4.36. The van der Waals surface area contributed by atoms with Gasteiger partial charge in [0.05, 0.1) is 20.8 Å². The Balaban J connectivity index is 1.65. The number of aryl methyl sites for hydroxylation is 3. The minimum absolute atomic E-state index is 0.128. The molecule has 33 heavy (non-hydrogen) atoms. The van der Waals surface area contributed by atoms with Crippen LogP contribution in [0.5, 0.6) is 0 Å². The van der Waals surface area contributed by atoms with Crippen LogP contribution in [-0.2, 0) is 17.1 Å². The van der Waals surface area contributed by atoms with Gasteiger partial charge in [-0.3, -0.25) is 9.10 Å². The molecule has 1 heterocycles. The van der Waals surface area contributed by atoms with E-state index >= 15 is 0 Å². The lowest BCUT2D eigenvalue weighted by Crippen LogP contribution is -2.30. The molecular weight excluding hydrogens is 454 g/mol. The molecule has 170 valence electrons. The molecule has 0 atom stereocenters. The molecule has 0 unspecified atom stereocenters. The van der Waals surface area contributed by atoms with Gasteiger partial charge in [-0.1, -0.05) is 29.5 Å². The van der Waals surface area contributed by atoms with E-state index in [9.17, 15) is 13.2 Å². The number of thiazole rings is 1. The lowest BCUT2D eigenvalue weighted by Gasteiger charge is -2.22. The molecule has 1 amide bonds. The van der Waals surface area contributed by atoms with Gasteiger partial charge in [0, 0.05) is 19.2 Å². The summed E-state index contributed by atoms with van der Waals surface area (Å²) in [6, 6.07) is 19.1. The van der Waals surface area contributed by atoms with E-state index in [4.69, 9.17) is 0 Å². The van der Waals surface area contributed by atoms with Crippen molar-refractivity contribution in [2.75, 3.05) is 10.8 Å². The molecule has 0 spiro atoms. The highest BCUT2D eigenvalue weighted by Gasteiger charge is 2.23. The van der Waals surface area contributed by atoms with Crippen molar-refractivity contribution in [3.05, 3.63) is 88.2 Å². The molecule has 4 rings (SSSR count). The second kappa shape index (κ2) is 8.96. The number of benzene rings is 3. The number of hydrogen-bond acceptors (Lipinski definition) is 4. The van der Waals surface area contributed by atoms with Crippen LogP contribution in [0.2, 0.25) is 0 Å². The van der Waals surface area contributed by atoms with Gasteiger partial charge < -0.3 is 4.57 Å². The van der Waals surface area contributed by atoms with Crippen molar-refractivity contribution < 1.29 is 13.2 Å². The molecule has 0 aliphatic heterocycles. The summed E-state index contributed by atoms with van der Waals surface area (Å²) in [6.07, 6.45) is 0. The van der Waals surface area contributed by atoms with Crippen molar-refractivity contribution >= 4 is 43.2 Å². The summed E-state index contributed by atoms with van der Waals surface area (Å²) in [5.41, 5.74) is 4.33. The molecule has 1 aromatic heterocycles. The Bertz CT molecular complexity index is 1500. The van der Waals surface area contributed by atoms with Gasteiger partial charge >= 0.3 is 0 Å². The van der Waals surface area contributed by atoms with Gasteiger partial charge in [0.15, 0.2) is 4.80 Å². The molecule has 0 aliphatic rings. The highest BCUT2D eigenvalue weighted by molar-refractivity contribution is 7.92. The molecule has 0 N–H and O–H groups in total. The van der Waals surface area contributed by atoms with Gasteiger partial charge in [0.25, 0.3) is 15.9 Å². The first-order valence-electron chi connectivity index (χ1n) is 10.6. The Hall–Kier alpha value is -3.23. The summed E-state index contributed by atoms with van der Waals surface area (Å²) in [7, 11) is -1.86. The first-order valence-corrected chi connectivity index (χ1v) is 12.8. The number of carbonyl (C=O) groups excluding carboxylic acids is 1. The second-order valence-corrected chi connectivity index (χ2v) is 10.7. The molecule has 0 fully saturated rings. The average molecular weight is 480 g/mol. The lowest BCUT2D eigenvalue weighted by atomic mass is 10.1. The quantitative estimate of drug-likeness (QED) is 0.412.